The van der Waals surface area contributed by atoms with Crippen LogP contribution in [0.15, 0.2) is 48.5 Å². The normalized spacial score (nSPS) is 12.3. The van der Waals surface area contributed by atoms with Crippen LogP contribution in [0.3, 0.4) is 0 Å². The fourth-order valence-electron chi connectivity index (χ4n) is 3.40. The zero-order valence-electron chi connectivity index (χ0n) is 15.4. The molecule has 3 aromatic rings. The Morgan fingerprint density at radius 2 is 1.92 bits per heavy atom. The SMILES string of the molecule is COOC(=O)[C@@H](N)Cc1c(C)n(Cc2cccc(C)c2)c2ccccc12. The molecule has 0 amide bonds. The summed E-state index contributed by atoms with van der Waals surface area (Å²) in [5.41, 5.74) is 11.8. The van der Waals surface area contributed by atoms with Crippen LogP contribution in [0.2, 0.25) is 0 Å². The van der Waals surface area contributed by atoms with Gasteiger partial charge >= 0.3 is 5.97 Å². The highest BCUT2D eigenvalue weighted by molar-refractivity contribution is 5.87. The number of nitrogens with two attached hydrogens (primary N) is 1. The monoisotopic (exact) mass is 352 g/mol. The Kier molecular flexibility index (Phi) is 5.40. The first-order valence-corrected chi connectivity index (χ1v) is 8.63. The van der Waals surface area contributed by atoms with Gasteiger partial charge < -0.3 is 10.3 Å². The number of fused-ring (bicyclic) bond motifs is 1. The molecule has 5 nitrogen and oxygen atoms in total. The summed E-state index contributed by atoms with van der Waals surface area (Å²) >= 11 is 0. The Hall–Kier alpha value is -2.63. The van der Waals surface area contributed by atoms with Crippen molar-refractivity contribution in [1.82, 2.24) is 4.57 Å². The molecule has 0 fully saturated rings. The van der Waals surface area contributed by atoms with E-state index in [1.165, 1.54) is 18.2 Å². The summed E-state index contributed by atoms with van der Waals surface area (Å²) in [5, 5.41) is 1.11. The molecular weight excluding hydrogens is 328 g/mol. The van der Waals surface area contributed by atoms with Gasteiger partial charge in [-0.1, -0.05) is 48.0 Å². The number of nitrogens with zero attached hydrogens (tertiary/aromatic N) is 1. The largest absolute Gasteiger partial charge is 0.359 e. The zero-order chi connectivity index (χ0) is 18.7. The van der Waals surface area contributed by atoms with Gasteiger partial charge in [-0.15, -0.1) is 0 Å². The maximum atomic E-state index is 11.9. The minimum atomic E-state index is -0.771. The number of benzene rings is 2. The van der Waals surface area contributed by atoms with Gasteiger partial charge in [0.15, 0.2) is 0 Å². The van der Waals surface area contributed by atoms with Gasteiger partial charge in [0.05, 0.1) is 7.11 Å². The van der Waals surface area contributed by atoms with Crippen LogP contribution >= 0.6 is 0 Å². The van der Waals surface area contributed by atoms with Crippen LogP contribution in [0.1, 0.15) is 22.4 Å². The molecule has 0 spiro atoms. The van der Waals surface area contributed by atoms with Crippen molar-refractivity contribution in [2.75, 3.05) is 7.11 Å². The van der Waals surface area contributed by atoms with E-state index in [1.807, 2.05) is 12.1 Å². The van der Waals surface area contributed by atoms with Crippen LogP contribution in [0.4, 0.5) is 0 Å². The summed E-state index contributed by atoms with van der Waals surface area (Å²) in [6.45, 7) is 4.93. The molecule has 1 atom stereocenters. The van der Waals surface area contributed by atoms with Crippen LogP contribution in [-0.2, 0) is 27.5 Å². The predicted molar refractivity (Wildman–Crippen MR) is 102 cm³/mol. The lowest BCUT2D eigenvalue weighted by Gasteiger charge is -2.11. The molecule has 136 valence electrons. The second-order valence-electron chi connectivity index (χ2n) is 6.54. The molecule has 1 heterocycles. The smallest absolute Gasteiger partial charge is 0.340 e. The van der Waals surface area contributed by atoms with Crippen molar-refractivity contribution in [3.63, 3.8) is 0 Å². The average molecular weight is 352 g/mol. The van der Waals surface area contributed by atoms with Crippen LogP contribution in [0.25, 0.3) is 10.9 Å². The van der Waals surface area contributed by atoms with Gasteiger partial charge in [-0.05, 0) is 31.0 Å². The summed E-state index contributed by atoms with van der Waals surface area (Å²) in [7, 11) is 1.30. The van der Waals surface area contributed by atoms with Crippen molar-refractivity contribution in [3.05, 3.63) is 70.9 Å². The Labute approximate surface area is 153 Å². The summed E-state index contributed by atoms with van der Waals surface area (Å²) in [6, 6.07) is 15.9. The van der Waals surface area contributed by atoms with Crippen molar-refractivity contribution in [2.24, 2.45) is 5.73 Å². The van der Waals surface area contributed by atoms with E-state index in [4.69, 9.17) is 5.73 Å². The number of para-hydroxylation sites is 1. The number of carbonyl (C=O) groups is 1. The van der Waals surface area contributed by atoms with E-state index < -0.39 is 12.0 Å². The molecule has 1 aromatic heterocycles. The van der Waals surface area contributed by atoms with E-state index in [0.717, 1.165) is 28.7 Å². The third-order valence-corrected chi connectivity index (χ3v) is 4.68. The number of carbonyl (C=O) groups excluding carboxylic acids is 1. The summed E-state index contributed by atoms with van der Waals surface area (Å²) in [6.07, 6.45) is 0.398. The van der Waals surface area contributed by atoms with E-state index >= 15 is 0 Å². The fourth-order valence-corrected chi connectivity index (χ4v) is 3.40. The van der Waals surface area contributed by atoms with Crippen molar-refractivity contribution in [2.45, 2.75) is 32.9 Å². The Balaban J connectivity index is 2.00. The lowest BCUT2D eigenvalue weighted by Crippen LogP contribution is -2.34. The molecule has 0 unspecified atom stereocenters. The highest BCUT2D eigenvalue weighted by Crippen LogP contribution is 2.28. The minimum absolute atomic E-state index is 0.398. The first-order chi connectivity index (χ1) is 12.5. The van der Waals surface area contributed by atoms with E-state index in [0.29, 0.717) is 6.42 Å². The van der Waals surface area contributed by atoms with Crippen molar-refractivity contribution >= 4 is 16.9 Å². The quantitative estimate of drug-likeness (QED) is 0.546. The maximum absolute atomic E-state index is 11.9. The van der Waals surface area contributed by atoms with E-state index in [2.05, 4.69) is 64.6 Å². The third kappa shape index (κ3) is 3.64. The zero-order valence-corrected chi connectivity index (χ0v) is 15.4. The molecule has 3 rings (SSSR count). The van der Waals surface area contributed by atoms with Gasteiger partial charge in [-0.2, -0.15) is 4.89 Å². The van der Waals surface area contributed by atoms with Gasteiger partial charge in [-0.25, -0.2) is 4.79 Å². The summed E-state index contributed by atoms with van der Waals surface area (Å²) in [5.74, 6) is -0.567. The number of hydrogen-bond donors (Lipinski definition) is 1. The molecule has 0 saturated heterocycles. The van der Waals surface area contributed by atoms with Crippen molar-refractivity contribution in [3.8, 4) is 0 Å². The molecule has 2 aromatic carbocycles. The number of rotatable bonds is 6. The molecule has 0 aliphatic carbocycles. The summed E-state index contributed by atoms with van der Waals surface area (Å²) < 4.78 is 2.27. The van der Waals surface area contributed by atoms with Gasteiger partial charge in [0.2, 0.25) is 0 Å². The number of hydrogen-bond acceptors (Lipinski definition) is 4. The molecule has 0 radical (unpaired) electrons. The fraction of sp³-hybridized carbons (Fsp3) is 0.286. The highest BCUT2D eigenvalue weighted by atomic mass is 17.2. The Morgan fingerprint density at radius 1 is 1.15 bits per heavy atom. The van der Waals surface area contributed by atoms with Gasteiger partial charge in [0, 0.05) is 29.6 Å². The third-order valence-electron chi connectivity index (χ3n) is 4.68. The van der Waals surface area contributed by atoms with E-state index in [-0.39, 0.29) is 0 Å². The van der Waals surface area contributed by atoms with E-state index in [1.54, 1.807) is 0 Å². The summed E-state index contributed by atoms with van der Waals surface area (Å²) in [4.78, 5) is 20.9. The molecule has 0 aliphatic heterocycles. The van der Waals surface area contributed by atoms with Crippen LogP contribution in [-0.4, -0.2) is 23.7 Å². The number of aromatic nitrogens is 1. The second-order valence-corrected chi connectivity index (χ2v) is 6.54. The minimum Gasteiger partial charge on any atom is -0.340 e. The molecule has 0 bridgehead atoms. The molecule has 26 heavy (non-hydrogen) atoms. The standard InChI is InChI=1S/C21H24N2O3/c1-14-7-6-8-16(11-14)13-23-15(2)18(12-19(22)21(24)26-25-3)17-9-4-5-10-20(17)23/h4-11,19H,12-13,22H2,1-3H3/t19-/m0/s1. The Morgan fingerprint density at radius 3 is 2.65 bits per heavy atom. The Bertz CT molecular complexity index is 930. The van der Waals surface area contributed by atoms with Crippen LogP contribution in [0, 0.1) is 13.8 Å². The lowest BCUT2D eigenvalue weighted by molar-refractivity contribution is -0.256. The van der Waals surface area contributed by atoms with E-state index in [9.17, 15) is 4.79 Å². The average Bonchev–Trinajstić information content (AvgIpc) is 2.88. The number of aryl methyl sites for hydroxylation is 1. The van der Waals surface area contributed by atoms with Crippen molar-refractivity contribution < 1.29 is 14.6 Å². The topological polar surface area (TPSA) is 66.5 Å². The predicted octanol–water partition coefficient (Wildman–Crippen LogP) is 3.28. The first-order valence-electron chi connectivity index (χ1n) is 8.63. The highest BCUT2D eigenvalue weighted by Gasteiger charge is 2.22. The lowest BCUT2D eigenvalue weighted by atomic mass is 10.0. The van der Waals surface area contributed by atoms with Crippen LogP contribution < -0.4 is 5.73 Å². The van der Waals surface area contributed by atoms with Gasteiger partial charge in [0.25, 0.3) is 0 Å². The molecule has 0 aliphatic rings. The molecular formula is C21H24N2O3. The van der Waals surface area contributed by atoms with Gasteiger partial charge in [0.1, 0.15) is 6.04 Å². The first kappa shape index (κ1) is 18.2. The second kappa shape index (κ2) is 7.72. The maximum Gasteiger partial charge on any atom is 0.359 e. The van der Waals surface area contributed by atoms with Gasteiger partial charge in [-0.3, -0.25) is 4.89 Å². The molecule has 5 heteroatoms. The molecule has 2 N–H and O–H groups in total. The van der Waals surface area contributed by atoms with Crippen molar-refractivity contribution in [1.29, 1.82) is 0 Å². The van der Waals surface area contributed by atoms with Crippen LogP contribution in [0.5, 0.6) is 0 Å². The molecule has 0 saturated carbocycles.